The molecule has 2 aromatic heterocycles. The molecule has 0 atom stereocenters. The van der Waals surface area contributed by atoms with Crippen molar-refractivity contribution in [1.29, 1.82) is 0 Å². The number of ether oxygens (including phenoxy) is 2. The first-order valence-electron chi connectivity index (χ1n) is 13.1. The van der Waals surface area contributed by atoms with Crippen molar-refractivity contribution in [3.05, 3.63) is 74.6 Å². The molecular weight excluding hydrogens is 536 g/mol. The summed E-state index contributed by atoms with van der Waals surface area (Å²) >= 11 is 2.65. The van der Waals surface area contributed by atoms with Gasteiger partial charge in [0.25, 0.3) is 5.91 Å². The van der Waals surface area contributed by atoms with E-state index in [-0.39, 0.29) is 19.1 Å². The molecule has 1 saturated carbocycles. The highest BCUT2D eigenvalue weighted by atomic mass is 32.1. The SMILES string of the molecule is CN(CCN(C)C1(OC(=O)C(O)(c2cccs2)c2cccs2)CCCCC1)C(=O)COc1ccc(CO)cc1. The molecule has 1 aliphatic rings. The minimum atomic E-state index is -1.87. The summed E-state index contributed by atoms with van der Waals surface area (Å²) in [6.45, 7) is 0.750. The summed E-state index contributed by atoms with van der Waals surface area (Å²) in [6.07, 6.45) is 4.19. The first kappa shape index (κ1) is 29.2. The van der Waals surface area contributed by atoms with Gasteiger partial charge in [0.05, 0.1) is 16.4 Å². The molecule has 2 N–H and O–H groups in total. The third kappa shape index (κ3) is 6.70. The van der Waals surface area contributed by atoms with Gasteiger partial charge in [-0.1, -0.05) is 30.7 Å². The maximum absolute atomic E-state index is 13.8. The topological polar surface area (TPSA) is 99.5 Å². The van der Waals surface area contributed by atoms with E-state index < -0.39 is 17.3 Å². The van der Waals surface area contributed by atoms with Crippen LogP contribution in [0.15, 0.2) is 59.3 Å². The van der Waals surface area contributed by atoms with Crippen LogP contribution in [0.25, 0.3) is 0 Å². The van der Waals surface area contributed by atoms with Crippen LogP contribution in [0.5, 0.6) is 5.75 Å². The van der Waals surface area contributed by atoms with E-state index in [1.54, 1.807) is 48.3 Å². The van der Waals surface area contributed by atoms with E-state index in [0.29, 0.717) is 41.4 Å². The van der Waals surface area contributed by atoms with Gasteiger partial charge < -0.3 is 24.6 Å². The molecule has 1 aromatic carbocycles. The number of esters is 1. The number of amides is 1. The lowest BCUT2D eigenvalue weighted by Gasteiger charge is -2.45. The summed E-state index contributed by atoms with van der Waals surface area (Å²) in [7, 11) is 3.63. The van der Waals surface area contributed by atoms with Crippen molar-refractivity contribution < 1.29 is 29.3 Å². The number of rotatable bonds is 12. The summed E-state index contributed by atoms with van der Waals surface area (Å²) < 4.78 is 11.9. The molecule has 0 aliphatic heterocycles. The minimum absolute atomic E-state index is 0.0480. The van der Waals surface area contributed by atoms with Crippen LogP contribution in [-0.4, -0.2) is 71.4 Å². The fourth-order valence-corrected chi connectivity index (χ4v) is 6.49. The van der Waals surface area contributed by atoms with E-state index in [1.807, 2.05) is 34.8 Å². The second kappa shape index (κ2) is 13.1. The highest BCUT2D eigenvalue weighted by Crippen LogP contribution is 2.41. The van der Waals surface area contributed by atoms with Crippen molar-refractivity contribution in [2.45, 2.75) is 50.0 Å². The molecule has 0 spiro atoms. The van der Waals surface area contributed by atoms with E-state index in [0.717, 1.165) is 24.8 Å². The maximum Gasteiger partial charge on any atom is 0.351 e. The van der Waals surface area contributed by atoms with Crippen LogP contribution in [0.3, 0.4) is 0 Å². The van der Waals surface area contributed by atoms with Gasteiger partial charge in [0.2, 0.25) is 5.60 Å². The summed E-state index contributed by atoms with van der Waals surface area (Å²) in [5.74, 6) is -0.289. The standard InChI is InChI=1S/C29H36N2O6S2/c1-30(26(33)21-36-23-12-10-22(20-32)11-13-23)16-17-31(2)28(14-4-3-5-15-28)37-27(34)29(35,24-8-6-18-38-24)25-9-7-19-39-25/h6-13,18-19,32,35H,3-5,14-17,20-21H2,1-2H3. The van der Waals surface area contributed by atoms with Crippen molar-refractivity contribution in [3.8, 4) is 5.75 Å². The Morgan fingerprint density at radius 3 is 2.10 bits per heavy atom. The Morgan fingerprint density at radius 1 is 0.949 bits per heavy atom. The lowest BCUT2D eigenvalue weighted by molar-refractivity contribution is -0.206. The Labute approximate surface area is 237 Å². The van der Waals surface area contributed by atoms with Crippen LogP contribution in [0.4, 0.5) is 0 Å². The molecule has 210 valence electrons. The van der Waals surface area contributed by atoms with Crippen molar-refractivity contribution in [3.63, 3.8) is 0 Å². The molecule has 8 nitrogen and oxygen atoms in total. The van der Waals surface area contributed by atoms with Crippen LogP contribution in [0.2, 0.25) is 0 Å². The lowest BCUT2D eigenvalue weighted by Crippen LogP contribution is -2.55. The van der Waals surface area contributed by atoms with E-state index in [1.165, 1.54) is 22.7 Å². The highest BCUT2D eigenvalue weighted by molar-refractivity contribution is 7.12. The third-order valence-electron chi connectivity index (χ3n) is 7.33. The quantitative estimate of drug-likeness (QED) is 0.248. The van der Waals surface area contributed by atoms with Gasteiger partial charge >= 0.3 is 5.97 Å². The number of benzene rings is 1. The summed E-state index contributed by atoms with van der Waals surface area (Å²) in [4.78, 5) is 31.1. The fraction of sp³-hybridized carbons (Fsp3) is 0.448. The average molecular weight is 573 g/mol. The summed E-state index contributed by atoms with van der Waals surface area (Å²) in [5.41, 5.74) is -1.96. The minimum Gasteiger partial charge on any atom is -0.484 e. The van der Waals surface area contributed by atoms with Crippen molar-refractivity contribution in [2.24, 2.45) is 0 Å². The predicted octanol–water partition coefficient (Wildman–Crippen LogP) is 4.21. The van der Waals surface area contributed by atoms with E-state index in [9.17, 15) is 14.7 Å². The van der Waals surface area contributed by atoms with Crippen molar-refractivity contribution in [1.82, 2.24) is 9.80 Å². The number of carbonyl (C=O) groups excluding carboxylic acids is 2. The molecule has 4 rings (SSSR count). The molecule has 39 heavy (non-hydrogen) atoms. The van der Waals surface area contributed by atoms with Gasteiger partial charge in [-0.25, -0.2) is 4.79 Å². The second-order valence-corrected chi connectivity index (χ2v) is 11.8. The molecule has 3 aromatic rings. The Kier molecular flexibility index (Phi) is 9.79. The normalized spacial score (nSPS) is 15.2. The maximum atomic E-state index is 13.8. The Morgan fingerprint density at radius 2 is 1.56 bits per heavy atom. The fourth-order valence-electron chi connectivity index (χ4n) is 4.78. The Bertz CT molecular complexity index is 1160. The number of nitrogens with zero attached hydrogens (tertiary/aromatic N) is 2. The van der Waals surface area contributed by atoms with Crippen LogP contribution in [0.1, 0.15) is 47.4 Å². The van der Waals surface area contributed by atoms with Crippen molar-refractivity contribution in [2.75, 3.05) is 33.8 Å². The molecule has 0 radical (unpaired) electrons. The number of hydrogen-bond acceptors (Lipinski definition) is 9. The summed E-state index contributed by atoms with van der Waals surface area (Å²) in [6, 6.07) is 14.1. The zero-order valence-corrected chi connectivity index (χ0v) is 24.0. The van der Waals surface area contributed by atoms with Gasteiger partial charge in [-0.05, 0) is 60.5 Å². The first-order chi connectivity index (χ1) is 18.8. The number of thiophene rings is 2. The molecule has 0 bridgehead atoms. The highest BCUT2D eigenvalue weighted by Gasteiger charge is 2.49. The van der Waals surface area contributed by atoms with E-state index >= 15 is 0 Å². The Balaban J connectivity index is 1.40. The van der Waals surface area contributed by atoms with Gasteiger partial charge in [-0.3, -0.25) is 9.69 Å². The van der Waals surface area contributed by atoms with Crippen LogP contribution in [-0.2, 0) is 26.5 Å². The lowest BCUT2D eigenvalue weighted by atomic mass is 9.89. The molecule has 0 unspecified atom stereocenters. The average Bonchev–Trinajstić information content (AvgIpc) is 3.70. The van der Waals surface area contributed by atoms with Gasteiger partial charge in [-0.15, -0.1) is 22.7 Å². The number of aliphatic hydroxyl groups is 2. The molecule has 1 amide bonds. The summed E-state index contributed by atoms with van der Waals surface area (Å²) in [5, 5.41) is 24.6. The number of carbonyl (C=O) groups is 2. The first-order valence-corrected chi connectivity index (χ1v) is 14.9. The van der Waals surface area contributed by atoms with Gasteiger partial charge in [-0.2, -0.15) is 0 Å². The molecule has 0 saturated heterocycles. The van der Waals surface area contributed by atoms with E-state index in [4.69, 9.17) is 14.6 Å². The smallest absolute Gasteiger partial charge is 0.351 e. The monoisotopic (exact) mass is 572 g/mol. The molecule has 10 heteroatoms. The van der Waals surface area contributed by atoms with Gasteiger partial charge in [0.15, 0.2) is 12.3 Å². The van der Waals surface area contributed by atoms with Crippen molar-refractivity contribution >= 4 is 34.6 Å². The zero-order chi connectivity index (χ0) is 27.9. The number of aliphatic hydroxyl groups excluding tert-OH is 1. The van der Waals surface area contributed by atoms with E-state index in [2.05, 4.69) is 0 Å². The van der Waals surface area contributed by atoms with Crippen LogP contribution >= 0.6 is 22.7 Å². The van der Waals surface area contributed by atoms with Crippen LogP contribution < -0.4 is 4.74 Å². The molecule has 1 aliphatic carbocycles. The zero-order valence-electron chi connectivity index (χ0n) is 22.4. The molecule has 2 heterocycles. The Hall–Kier alpha value is -2.76. The number of likely N-dealkylation sites (N-methyl/N-ethyl adjacent to an activating group) is 2. The molecule has 1 fully saturated rings. The van der Waals surface area contributed by atoms with Gasteiger partial charge in [0.1, 0.15) is 5.75 Å². The molecular formula is C29H36N2O6S2. The second-order valence-electron chi connectivity index (χ2n) is 9.89. The van der Waals surface area contributed by atoms with Gasteiger partial charge in [0, 0.05) is 33.0 Å². The largest absolute Gasteiger partial charge is 0.484 e. The number of hydrogen-bond donors (Lipinski definition) is 2. The predicted molar refractivity (Wildman–Crippen MR) is 152 cm³/mol. The van der Waals surface area contributed by atoms with Crippen LogP contribution in [0, 0.1) is 0 Å². The third-order valence-corrected chi connectivity index (χ3v) is 9.29.